The van der Waals surface area contributed by atoms with Gasteiger partial charge in [0.15, 0.2) is 0 Å². The number of halogens is 1. The first-order valence-corrected chi connectivity index (χ1v) is 10.0. The standard InChI is InChI=1S/C18H23ClN4O3S/c1-18(2,3)22-27(25,26)15-10-12(6-8-14(15)19)17(24)21-13-7-9-16(20-11-13)23(4)5/h6-11,22H,1-5H3,(H,21,24). The van der Waals surface area contributed by atoms with Crippen molar-refractivity contribution < 1.29 is 13.2 Å². The van der Waals surface area contributed by atoms with Crippen LogP contribution in [0, 0.1) is 0 Å². The van der Waals surface area contributed by atoms with Gasteiger partial charge < -0.3 is 10.2 Å². The van der Waals surface area contributed by atoms with Crippen molar-refractivity contribution in [2.45, 2.75) is 31.2 Å². The Morgan fingerprint density at radius 1 is 1.15 bits per heavy atom. The molecule has 1 aromatic heterocycles. The molecule has 1 amide bonds. The lowest BCUT2D eigenvalue weighted by atomic mass is 10.1. The molecule has 7 nitrogen and oxygen atoms in total. The molecular weight excluding hydrogens is 388 g/mol. The van der Waals surface area contributed by atoms with Gasteiger partial charge in [0.2, 0.25) is 10.0 Å². The van der Waals surface area contributed by atoms with Crippen LogP contribution >= 0.6 is 11.6 Å². The average Bonchev–Trinajstić information content (AvgIpc) is 2.53. The summed E-state index contributed by atoms with van der Waals surface area (Å²) in [6, 6.07) is 7.60. The Labute approximate surface area is 164 Å². The summed E-state index contributed by atoms with van der Waals surface area (Å²) < 4.78 is 27.6. The smallest absolute Gasteiger partial charge is 0.255 e. The van der Waals surface area contributed by atoms with Crippen LogP contribution in [0.15, 0.2) is 41.4 Å². The average molecular weight is 411 g/mol. The summed E-state index contributed by atoms with van der Waals surface area (Å²) >= 11 is 6.06. The van der Waals surface area contributed by atoms with Crippen molar-refractivity contribution >= 4 is 39.0 Å². The molecule has 1 heterocycles. The molecule has 0 aliphatic carbocycles. The van der Waals surface area contributed by atoms with Gasteiger partial charge in [0.05, 0.1) is 16.9 Å². The van der Waals surface area contributed by atoms with E-state index in [0.29, 0.717) is 5.69 Å². The highest BCUT2D eigenvalue weighted by Crippen LogP contribution is 2.24. The Kier molecular flexibility index (Phi) is 6.14. The number of hydrogen-bond acceptors (Lipinski definition) is 5. The molecule has 2 aromatic rings. The Bertz CT molecular complexity index is 936. The van der Waals surface area contributed by atoms with Crippen LogP contribution in [-0.2, 0) is 10.0 Å². The predicted octanol–water partition coefficient (Wildman–Crippen LogP) is 3.13. The van der Waals surface area contributed by atoms with E-state index in [1.54, 1.807) is 32.9 Å². The highest BCUT2D eigenvalue weighted by molar-refractivity contribution is 7.89. The fourth-order valence-corrected chi connectivity index (χ4v) is 4.18. The maximum absolute atomic E-state index is 12.6. The van der Waals surface area contributed by atoms with E-state index in [0.717, 1.165) is 5.82 Å². The van der Waals surface area contributed by atoms with Crippen LogP contribution in [0.5, 0.6) is 0 Å². The second kappa shape index (κ2) is 7.84. The van der Waals surface area contributed by atoms with Crippen LogP contribution in [0.1, 0.15) is 31.1 Å². The van der Waals surface area contributed by atoms with Crippen molar-refractivity contribution in [3.8, 4) is 0 Å². The molecule has 9 heteroatoms. The maximum atomic E-state index is 12.6. The number of aromatic nitrogens is 1. The molecule has 0 aliphatic heterocycles. The zero-order chi connectivity index (χ0) is 20.4. The molecule has 0 radical (unpaired) electrons. The summed E-state index contributed by atoms with van der Waals surface area (Å²) in [7, 11) is -0.147. The number of benzene rings is 1. The first-order valence-electron chi connectivity index (χ1n) is 8.17. The number of nitrogens with one attached hydrogen (secondary N) is 2. The van der Waals surface area contributed by atoms with Gasteiger partial charge in [-0.15, -0.1) is 0 Å². The molecule has 0 saturated heterocycles. The number of nitrogens with zero attached hydrogens (tertiary/aromatic N) is 2. The summed E-state index contributed by atoms with van der Waals surface area (Å²) in [5.41, 5.74) is -0.0107. The molecule has 1 aromatic carbocycles. The van der Waals surface area contributed by atoms with Crippen LogP contribution in [0.25, 0.3) is 0 Å². The molecule has 0 spiro atoms. The van der Waals surface area contributed by atoms with E-state index in [1.807, 2.05) is 19.0 Å². The largest absolute Gasteiger partial charge is 0.363 e. The third-order valence-corrected chi connectivity index (χ3v) is 5.63. The molecule has 0 fully saturated rings. The van der Waals surface area contributed by atoms with Gasteiger partial charge in [-0.3, -0.25) is 4.79 Å². The van der Waals surface area contributed by atoms with Crippen LogP contribution in [0.2, 0.25) is 5.02 Å². The van der Waals surface area contributed by atoms with Gasteiger partial charge in [-0.25, -0.2) is 18.1 Å². The number of anilines is 2. The monoisotopic (exact) mass is 410 g/mol. The Balaban J connectivity index is 2.27. The van der Waals surface area contributed by atoms with E-state index in [1.165, 1.54) is 24.4 Å². The van der Waals surface area contributed by atoms with Gasteiger partial charge in [0.25, 0.3) is 5.91 Å². The first kappa shape index (κ1) is 21.1. The lowest BCUT2D eigenvalue weighted by Crippen LogP contribution is -2.40. The summed E-state index contributed by atoms with van der Waals surface area (Å²) in [6.45, 7) is 5.16. The first-order chi connectivity index (χ1) is 12.4. The van der Waals surface area contributed by atoms with Crippen molar-refractivity contribution in [3.63, 3.8) is 0 Å². The fraction of sp³-hybridized carbons (Fsp3) is 0.333. The van der Waals surface area contributed by atoms with Crippen molar-refractivity contribution in [1.82, 2.24) is 9.71 Å². The quantitative estimate of drug-likeness (QED) is 0.790. The van der Waals surface area contributed by atoms with E-state index in [2.05, 4.69) is 15.0 Å². The summed E-state index contributed by atoms with van der Waals surface area (Å²) in [5.74, 6) is 0.291. The van der Waals surface area contributed by atoms with Crippen LogP contribution < -0.4 is 14.9 Å². The summed E-state index contributed by atoms with van der Waals surface area (Å²) in [4.78, 5) is 18.4. The SMILES string of the molecule is CN(C)c1ccc(NC(=O)c2ccc(Cl)c(S(=O)(=O)NC(C)(C)C)c2)cn1. The van der Waals surface area contributed by atoms with E-state index in [9.17, 15) is 13.2 Å². The number of pyridine rings is 1. The molecule has 0 bridgehead atoms. The normalized spacial score (nSPS) is 11.9. The minimum absolute atomic E-state index is 0.0419. The van der Waals surface area contributed by atoms with Crippen molar-refractivity contribution in [3.05, 3.63) is 47.1 Å². The molecule has 0 unspecified atom stereocenters. The topological polar surface area (TPSA) is 91.4 Å². The summed E-state index contributed by atoms with van der Waals surface area (Å²) in [6.07, 6.45) is 1.53. The molecular formula is C18H23ClN4O3S. The van der Waals surface area contributed by atoms with E-state index in [-0.39, 0.29) is 15.5 Å². The number of rotatable bonds is 5. The second-order valence-corrected chi connectivity index (χ2v) is 9.31. The lowest BCUT2D eigenvalue weighted by molar-refractivity contribution is 0.102. The van der Waals surface area contributed by atoms with Crippen LogP contribution in [-0.4, -0.2) is 38.9 Å². The third-order valence-electron chi connectivity index (χ3n) is 3.39. The maximum Gasteiger partial charge on any atom is 0.255 e. The number of carbonyl (C=O) groups is 1. The minimum Gasteiger partial charge on any atom is -0.363 e. The van der Waals surface area contributed by atoms with E-state index < -0.39 is 21.5 Å². The zero-order valence-corrected chi connectivity index (χ0v) is 17.4. The molecule has 0 aliphatic rings. The number of carbonyl (C=O) groups excluding carboxylic acids is 1. The van der Waals surface area contributed by atoms with Gasteiger partial charge >= 0.3 is 0 Å². The Morgan fingerprint density at radius 3 is 2.33 bits per heavy atom. The third kappa shape index (κ3) is 5.66. The predicted molar refractivity (Wildman–Crippen MR) is 108 cm³/mol. The summed E-state index contributed by atoms with van der Waals surface area (Å²) in [5, 5.41) is 2.73. The number of sulfonamides is 1. The van der Waals surface area contributed by atoms with Crippen LogP contribution in [0.3, 0.4) is 0 Å². The molecule has 0 saturated carbocycles. The van der Waals surface area contributed by atoms with Crippen LogP contribution in [0.4, 0.5) is 11.5 Å². The van der Waals surface area contributed by atoms with Gasteiger partial charge in [0.1, 0.15) is 10.7 Å². The highest BCUT2D eigenvalue weighted by atomic mass is 35.5. The zero-order valence-electron chi connectivity index (χ0n) is 15.9. The highest BCUT2D eigenvalue weighted by Gasteiger charge is 2.25. The number of amides is 1. The molecule has 0 atom stereocenters. The van der Waals surface area contributed by atoms with Gasteiger partial charge in [-0.05, 0) is 51.1 Å². The molecule has 2 rings (SSSR count). The number of hydrogen-bond donors (Lipinski definition) is 2. The molecule has 146 valence electrons. The Morgan fingerprint density at radius 2 is 1.81 bits per heavy atom. The van der Waals surface area contributed by atoms with Crippen molar-refractivity contribution in [2.75, 3.05) is 24.3 Å². The van der Waals surface area contributed by atoms with Gasteiger partial charge in [-0.2, -0.15) is 0 Å². The Hall–Kier alpha value is -2.16. The molecule has 27 heavy (non-hydrogen) atoms. The molecule has 2 N–H and O–H groups in total. The van der Waals surface area contributed by atoms with E-state index >= 15 is 0 Å². The lowest BCUT2D eigenvalue weighted by Gasteiger charge is -2.21. The second-order valence-electron chi connectivity index (χ2n) is 7.25. The van der Waals surface area contributed by atoms with Crippen molar-refractivity contribution in [1.29, 1.82) is 0 Å². The van der Waals surface area contributed by atoms with Gasteiger partial charge in [0, 0.05) is 25.2 Å². The minimum atomic E-state index is -3.87. The fourth-order valence-electron chi connectivity index (χ4n) is 2.24. The van der Waals surface area contributed by atoms with E-state index in [4.69, 9.17) is 11.6 Å². The van der Waals surface area contributed by atoms with Gasteiger partial charge in [-0.1, -0.05) is 11.6 Å². The van der Waals surface area contributed by atoms with Crippen molar-refractivity contribution in [2.24, 2.45) is 0 Å².